The second kappa shape index (κ2) is 7.04. The molecule has 6 heteroatoms. The normalized spacial score (nSPS) is 11.9. The maximum Gasteiger partial charge on any atom is 0.253 e. The van der Waals surface area contributed by atoms with Crippen molar-refractivity contribution < 1.29 is 4.79 Å². The molecular weight excluding hydrogens is 302 g/mol. The van der Waals surface area contributed by atoms with Crippen molar-refractivity contribution in [1.82, 2.24) is 24.6 Å². The van der Waals surface area contributed by atoms with Gasteiger partial charge in [-0.05, 0) is 37.3 Å². The number of carbonyl (C=O) groups excluding carboxylic acids is 1. The highest BCUT2D eigenvalue weighted by Gasteiger charge is 2.18. The van der Waals surface area contributed by atoms with Gasteiger partial charge in [0.25, 0.3) is 5.91 Å². The first-order valence-electron chi connectivity index (χ1n) is 7.77. The first-order valence-corrected chi connectivity index (χ1v) is 7.77. The lowest BCUT2D eigenvalue weighted by Crippen LogP contribution is -2.36. The molecule has 6 nitrogen and oxygen atoms in total. The lowest BCUT2D eigenvalue weighted by atomic mass is 10.1. The van der Waals surface area contributed by atoms with Crippen LogP contribution in [0, 0.1) is 0 Å². The smallest absolute Gasteiger partial charge is 0.253 e. The molecule has 1 atom stereocenters. The molecule has 122 valence electrons. The molecule has 0 saturated heterocycles. The third-order valence-electron chi connectivity index (χ3n) is 4.02. The van der Waals surface area contributed by atoms with Gasteiger partial charge < -0.3 is 4.90 Å². The fourth-order valence-corrected chi connectivity index (χ4v) is 2.50. The zero-order valence-electron chi connectivity index (χ0n) is 13.7. The minimum Gasteiger partial charge on any atom is -0.339 e. The summed E-state index contributed by atoms with van der Waals surface area (Å²) in [6, 6.07) is 13.3. The molecule has 0 aliphatic heterocycles. The number of nitrogens with zero attached hydrogens (tertiary/aromatic N) is 5. The van der Waals surface area contributed by atoms with E-state index in [0.29, 0.717) is 12.0 Å². The third-order valence-corrected chi connectivity index (χ3v) is 4.02. The fourth-order valence-electron chi connectivity index (χ4n) is 2.50. The van der Waals surface area contributed by atoms with E-state index in [2.05, 4.69) is 15.2 Å². The Kier molecular flexibility index (Phi) is 4.65. The summed E-state index contributed by atoms with van der Waals surface area (Å²) >= 11 is 0. The number of pyridine rings is 1. The minimum absolute atomic E-state index is 0.0200. The van der Waals surface area contributed by atoms with Crippen LogP contribution in [0.5, 0.6) is 0 Å². The zero-order chi connectivity index (χ0) is 16.9. The van der Waals surface area contributed by atoms with E-state index in [-0.39, 0.29) is 11.9 Å². The van der Waals surface area contributed by atoms with Crippen molar-refractivity contribution in [3.63, 3.8) is 0 Å². The molecular formula is C18H19N5O. The van der Waals surface area contributed by atoms with Crippen molar-refractivity contribution in [2.45, 2.75) is 19.4 Å². The van der Waals surface area contributed by atoms with E-state index < -0.39 is 0 Å². The van der Waals surface area contributed by atoms with Crippen LogP contribution in [0.25, 0.3) is 5.69 Å². The second-order valence-electron chi connectivity index (χ2n) is 5.71. The standard InChI is InChI=1S/C18H19N5O/c1-14(10-16-7-3-4-9-19-16)22(2)18(24)15-6-5-8-17(11-15)23-12-20-21-13-23/h3-9,11-14H,10H2,1-2H3/t14-/m1/s1. The SMILES string of the molecule is C[C@H](Cc1ccccn1)N(C)C(=O)c1cccc(-n2cnnc2)c1. The molecule has 0 spiro atoms. The monoisotopic (exact) mass is 321 g/mol. The molecule has 0 N–H and O–H groups in total. The molecule has 0 aliphatic rings. The van der Waals surface area contributed by atoms with Gasteiger partial charge in [0, 0.05) is 42.7 Å². The first kappa shape index (κ1) is 15.9. The van der Waals surface area contributed by atoms with Gasteiger partial charge in [-0.15, -0.1) is 10.2 Å². The largest absolute Gasteiger partial charge is 0.339 e. The van der Waals surface area contributed by atoms with Gasteiger partial charge in [0.1, 0.15) is 12.7 Å². The Labute approximate surface area is 140 Å². The molecule has 0 bridgehead atoms. The molecule has 0 saturated carbocycles. The number of benzene rings is 1. The van der Waals surface area contributed by atoms with Crippen LogP contribution in [0.3, 0.4) is 0 Å². The van der Waals surface area contributed by atoms with Crippen LogP contribution >= 0.6 is 0 Å². The second-order valence-corrected chi connectivity index (χ2v) is 5.71. The molecule has 2 aromatic heterocycles. The van der Waals surface area contributed by atoms with Gasteiger partial charge in [-0.2, -0.15) is 0 Å². The van der Waals surface area contributed by atoms with Crippen LogP contribution in [0.2, 0.25) is 0 Å². The van der Waals surface area contributed by atoms with Gasteiger partial charge in [0.15, 0.2) is 0 Å². The predicted octanol–water partition coefficient (Wildman–Crippen LogP) is 2.37. The van der Waals surface area contributed by atoms with E-state index in [9.17, 15) is 4.79 Å². The van der Waals surface area contributed by atoms with Crippen molar-refractivity contribution in [2.24, 2.45) is 0 Å². The Balaban J connectivity index is 1.74. The molecule has 0 unspecified atom stereocenters. The van der Waals surface area contributed by atoms with Crippen LogP contribution < -0.4 is 0 Å². The van der Waals surface area contributed by atoms with Gasteiger partial charge in [-0.25, -0.2) is 0 Å². The Morgan fingerprint density at radius 1 is 1.17 bits per heavy atom. The zero-order valence-corrected chi connectivity index (χ0v) is 13.7. The molecule has 0 aliphatic carbocycles. The number of hydrogen-bond donors (Lipinski definition) is 0. The van der Waals surface area contributed by atoms with E-state index in [0.717, 1.165) is 11.4 Å². The maximum absolute atomic E-state index is 12.8. The molecule has 0 fully saturated rings. The number of hydrogen-bond acceptors (Lipinski definition) is 4. The maximum atomic E-state index is 12.8. The van der Waals surface area contributed by atoms with Crippen LogP contribution in [-0.2, 0) is 6.42 Å². The molecule has 3 rings (SSSR count). The van der Waals surface area contributed by atoms with Crippen molar-refractivity contribution >= 4 is 5.91 Å². The molecule has 2 heterocycles. The average Bonchev–Trinajstić information content (AvgIpc) is 3.16. The van der Waals surface area contributed by atoms with Crippen molar-refractivity contribution in [2.75, 3.05) is 7.05 Å². The van der Waals surface area contributed by atoms with Gasteiger partial charge in [0.2, 0.25) is 0 Å². The first-order chi connectivity index (χ1) is 11.6. The highest BCUT2D eigenvalue weighted by molar-refractivity contribution is 5.94. The van der Waals surface area contributed by atoms with Crippen LogP contribution in [0.15, 0.2) is 61.3 Å². The van der Waals surface area contributed by atoms with E-state index in [4.69, 9.17) is 0 Å². The Hall–Kier alpha value is -3.02. The lowest BCUT2D eigenvalue weighted by molar-refractivity contribution is 0.0743. The fraction of sp³-hybridized carbons (Fsp3) is 0.222. The van der Waals surface area contributed by atoms with Crippen LogP contribution in [0.1, 0.15) is 23.0 Å². The summed E-state index contributed by atoms with van der Waals surface area (Å²) in [4.78, 5) is 18.8. The van der Waals surface area contributed by atoms with E-state index in [1.807, 2.05) is 56.4 Å². The number of likely N-dealkylation sites (N-methyl/N-ethyl adjacent to an activating group) is 1. The summed E-state index contributed by atoms with van der Waals surface area (Å²) in [6.07, 6.45) is 5.70. The number of rotatable bonds is 5. The highest BCUT2D eigenvalue weighted by Crippen LogP contribution is 2.14. The summed E-state index contributed by atoms with van der Waals surface area (Å²) in [5, 5.41) is 7.59. The van der Waals surface area contributed by atoms with Gasteiger partial charge in [0.05, 0.1) is 0 Å². The van der Waals surface area contributed by atoms with Gasteiger partial charge in [-0.1, -0.05) is 12.1 Å². The summed E-state index contributed by atoms with van der Waals surface area (Å²) in [5.41, 5.74) is 2.47. The summed E-state index contributed by atoms with van der Waals surface area (Å²) in [7, 11) is 1.82. The van der Waals surface area contributed by atoms with E-state index >= 15 is 0 Å². The number of aromatic nitrogens is 4. The van der Waals surface area contributed by atoms with E-state index in [1.165, 1.54) is 0 Å². The predicted molar refractivity (Wildman–Crippen MR) is 90.9 cm³/mol. The summed E-state index contributed by atoms with van der Waals surface area (Å²) in [5.74, 6) is -0.0200. The van der Waals surface area contributed by atoms with Crippen LogP contribution in [0.4, 0.5) is 0 Å². The molecule has 24 heavy (non-hydrogen) atoms. The minimum atomic E-state index is -0.0200. The van der Waals surface area contributed by atoms with Crippen molar-refractivity contribution in [3.05, 3.63) is 72.6 Å². The molecule has 1 aromatic carbocycles. The topological polar surface area (TPSA) is 63.9 Å². The molecule has 1 amide bonds. The Bertz CT molecular complexity index is 801. The third kappa shape index (κ3) is 3.48. The van der Waals surface area contributed by atoms with Crippen molar-refractivity contribution in [1.29, 1.82) is 0 Å². The Morgan fingerprint density at radius 3 is 2.67 bits per heavy atom. The summed E-state index contributed by atoms with van der Waals surface area (Å²) in [6.45, 7) is 2.02. The van der Waals surface area contributed by atoms with Crippen molar-refractivity contribution in [3.8, 4) is 5.69 Å². The lowest BCUT2D eigenvalue weighted by Gasteiger charge is -2.25. The molecule has 0 radical (unpaired) electrons. The van der Waals surface area contributed by atoms with E-state index in [1.54, 1.807) is 28.3 Å². The average molecular weight is 321 g/mol. The molecule has 3 aromatic rings. The number of carbonyl (C=O) groups is 1. The summed E-state index contributed by atoms with van der Waals surface area (Å²) < 4.78 is 1.77. The number of amides is 1. The van der Waals surface area contributed by atoms with Gasteiger partial charge in [-0.3, -0.25) is 14.3 Å². The van der Waals surface area contributed by atoms with Crippen LogP contribution in [-0.4, -0.2) is 43.6 Å². The highest BCUT2D eigenvalue weighted by atomic mass is 16.2. The van der Waals surface area contributed by atoms with Gasteiger partial charge >= 0.3 is 0 Å². The Morgan fingerprint density at radius 2 is 1.96 bits per heavy atom. The quantitative estimate of drug-likeness (QED) is 0.724.